The first-order valence-electron chi connectivity index (χ1n) is 10.2. The fourth-order valence-electron chi connectivity index (χ4n) is 4.60. The highest BCUT2D eigenvalue weighted by Crippen LogP contribution is 2.31. The van der Waals surface area contributed by atoms with Crippen LogP contribution in [0.15, 0.2) is 24.3 Å². The minimum atomic E-state index is 0.384. The second kappa shape index (κ2) is 9.26. The van der Waals surface area contributed by atoms with E-state index < -0.39 is 0 Å². The van der Waals surface area contributed by atoms with Gasteiger partial charge in [0.1, 0.15) is 5.75 Å². The van der Waals surface area contributed by atoms with Gasteiger partial charge in [-0.2, -0.15) is 0 Å². The van der Waals surface area contributed by atoms with Gasteiger partial charge in [0.05, 0.1) is 7.11 Å². The van der Waals surface area contributed by atoms with E-state index in [0.717, 1.165) is 12.2 Å². The summed E-state index contributed by atoms with van der Waals surface area (Å²) in [5.41, 5.74) is 1.22. The summed E-state index contributed by atoms with van der Waals surface area (Å²) in [6.45, 7) is 0. The van der Waals surface area contributed by atoms with Crippen molar-refractivity contribution >= 4 is 5.91 Å². The Labute approximate surface area is 152 Å². The molecule has 1 aromatic rings. The Balaban J connectivity index is 1.62. The van der Waals surface area contributed by atoms with Crippen molar-refractivity contribution < 1.29 is 9.53 Å². The third-order valence-electron chi connectivity index (χ3n) is 6.01. The highest BCUT2D eigenvalue weighted by atomic mass is 16.5. The lowest BCUT2D eigenvalue weighted by molar-refractivity contribution is -0.138. The molecule has 0 aromatic heterocycles. The summed E-state index contributed by atoms with van der Waals surface area (Å²) < 4.78 is 5.22. The fourth-order valence-corrected chi connectivity index (χ4v) is 4.60. The summed E-state index contributed by atoms with van der Waals surface area (Å²) in [6.07, 6.45) is 14.2. The molecule has 0 unspecified atom stereocenters. The van der Waals surface area contributed by atoms with Crippen molar-refractivity contribution in [1.82, 2.24) is 4.90 Å². The van der Waals surface area contributed by atoms with Crippen LogP contribution in [0.5, 0.6) is 5.75 Å². The normalized spacial score (nSPS) is 19.6. The third-order valence-corrected chi connectivity index (χ3v) is 6.01. The lowest BCUT2D eigenvalue weighted by Crippen LogP contribution is -2.48. The topological polar surface area (TPSA) is 29.5 Å². The van der Waals surface area contributed by atoms with Gasteiger partial charge in [0.25, 0.3) is 0 Å². The lowest BCUT2D eigenvalue weighted by Gasteiger charge is -2.42. The van der Waals surface area contributed by atoms with Crippen LogP contribution in [-0.2, 0) is 11.2 Å². The largest absolute Gasteiger partial charge is 0.497 e. The molecule has 2 saturated carbocycles. The van der Waals surface area contributed by atoms with Crippen molar-refractivity contribution in [1.29, 1.82) is 0 Å². The van der Waals surface area contributed by atoms with Gasteiger partial charge in [-0.05, 0) is 49.8 Å². The van der Waals surface area contributed by atoms with E-state index in [2.05, 4.69) is 17.0 Å². The first-order valence-corrected chi connectivity index (χ1v) is 10.2. The molecule has 1 amide bonds. The van der Waals surface area contributed by atoms with Gasteiger partial charge in [0, 0.05) is 18.5 Å². The second-order valence-electron chi connectivity index (χ2n) is 7.73. The van der Waals surface area contributed by atoms with Crippen LogP contribution in [-0.4, -0.2) is 30.0 Å². The summed E-state index contributed by atoms with van der Waals surface area (Å²) in [5, 5.41) is 0. The van der Waals surface area contributed by atoms with Crippen LogP contribution in [0, 0.1) is 0 Å². The van der Waals surface area contributed by atoms with Gasteiger partial charge < -0.3 is 9.64 Å². The summed E-state index contributed by atoms with van der Waals surface area (Å²) >= 11 is 0. The van der Waals surface area contributed by atoms with Gasteiger partial charge in [-0.3, -0.25) is 4.79 Å². The molecule has 0 radical (unpaired) electrons. The Bertz CT molecular complexity index is 509. The molecule has 3 heteroatoms. The van der Waals surface area contributed by atoms with Gasteiger partial charge in [-0.25, -0.2) is 0 Å². The number of hydrogen-bond donors (Lipinski definition) is 0. The smallest absolute Gasteiger partial charge is 0.223 e. The first kappa shape index (κ1) is 18.3. The lowest BCUT2D eigenvalue weighted by atomic mass is 9.88. The number of carbonyl (C=O) groups excluding carboxylic acids is 1. The van der Waals surface area contributed by atoms with Crippen LogP contribution in [0.1, 0.15) is 76.2 Å². The van der Waals surface area contributed by atoms with E-state index in [1.54, 1.807) is 7.11 Å². The number of hydrogen-bond acceptors (Lipinski definition) is 2. The fraction of sp³-hybridized carbons (Fsp3) is 0.682. The highest BCUT2D eigenvalue weighted by molar-refractivity contribution is 5.77. The predicted molar refractivity (Wildman–Crippen MR) is 102 cm³/mol. The molecular weight excluding hydrogens is 310 g/mol. The summed E-state index contributed by atoms with van der Waals surface area (Å²) in [4.78, 5) is 15.5. The van der Waals surface area contributed by atoms with E-state index in [-0.39, 0.29) is 0 Å². The van der Waals surface area contributed by atoms with Gasteiger partial charge in [0.15, 0.2) is 0 Å². The Hall–Kier alpha value is -1.51. The van der Waals surface area contributed by atoms with Crippen LogP contribution in [0.2, 0.25) is 0 Å². The van der Waals surface area contributed by atoms with Crippen LogP contribution in [0.4, 0.5) is 0 Å². The maximum atomic E-state index is 13.1. The first-order chi connectivity index (χ1) is 12.3. The molecule has 2 aliphatic rings. The SMILES string of the molecule is COc1ccc(CCC(=O)N(C2CCCCC2)C2CCCCC2)cc1. The Morgan fingerprint density at radius 3 is 1.92 bits per heavy atom. The monoisotopic (exact) mass is 343 g/mol. The summed E-state index contributed by atoms with van der Waals surface area (Å²) in [7, 11) is 1.69. The van der Waals surface area contributed by atoms with E-state index in [0.29, 0.717) is 24.4 Å². The van der Waals surface area contributed by atoms with Gasteiger partial charge in [0.2, 0.25) is 5.91 Å². The van der Waals surface area contributed by atoms with Crippen molar-refractivity contribution in [3.8, 4) is 5.75 Å². The van der Waals surface area contributed by atoms with Crippen LogP contribution >= 0.6 is 0 Å². The molecule has 0 N–H and O–H groups in total. The van der Waals surface area contributed by atoms with E-state index >= 15 is 0 Å². The Morgan fingerprint density at radius 1 is 0.920 bits per heavy atom. The average molecular weight is 344 g/mol. The molecule has 0 bridgehead atoms. The van der Waals surface area contributed by atoms with Crippen LogP contribution in [0.3, 0.4) is 0 Å². The molecular formula is C22H33NO2. The zero-order valence-corrected chi connectivity index (χ0v) is 15.7. The maximum Gasteiger partial charge on any atom is 0.223 e. The van der Waals surface area contributed by atoms with Gasteiger partial charge in [-0.1, -0.05) is 50.7 Å². The molecule has 1 aromatic carbocycles. The molecule has 0 saturated heterocycles. The van der Waals surface area contributed by atoms with Crippen molar-refractivity contribution in [3.05, 3.63) is 29.8 Å². The van der Waals surface area contributed by atoms with Gasteiger partial charge in [-0.15, -0.1) is 0 Å². The number of methoxy groups -OCH3 is 1. The molecule has 0 spiro atoms. The number of rotatable bonds is 6. The van der Waals surface area contributed by atoms with E-state index in [9.17, 15) is 4.79 Å². The van der Waals surface area contributed by atoms with Gasteiger partial charge >= 0.3 is 0 Å². The summed E-state index contributed by atoms with van der Waals surface area (Å²) in [5.74, 6) is 1.26. The quantitative estimate of drug-likeness (QED) is 0.717. The molecule has 0 aliphatic heterocycles. The van der Waals surface area contributed by atoms with Crippen molar-refractivity contribution in [2.75, 3.05) is 7.11 Å². The average Bonchev–Trinajstić information content (AvgIpc) is 2.69. The zero-order chi connectivity index (χ0) is 17.5. The van der Waals surface area contributed by atoms with E-state index in [1.807, 2.05) is 12.1 Å². The van der Waals surface area contributed by atoms with Crippen LogP contribution < -0.4 is 4.74 Å². The summed E-state index contributed by atoms with van der Waals surface area (Å²) in [6, 6.07) is 9.13. The minimum absolute atomic E-state index is 0.384. The maximum absolute atomic E-state index is 13.1. The minimum Gasteiger partial charge on any atom is -0.497 e. The number of carbonyl (C=O) groups is 1. The number of benzene rings is 1. The molecule has 3 nitrogen and oxygen atoms in total. The van der Waals surface area contributed by atoms with Crippen LogP contribution in [0.25, 0.3) is 0 Å². The molecule has 25 heavy (non-hydrogen) atoms. The molecule has 3 rings (SSSR count). The number of aryl methyl sites for hydroxylation is 1. The molecule has 138 valence electrons. The van der Waals surface area contributed by atoms with E-state index in [4.69, 9.17) is 4.74 Å². The highest BCUT2D eigenvalue weighted by Gasteiger charge is 2.31. The van der Waals surface area contributed by atoms with E-state index in [1.165, 1.54) is 69.8 Å². The molecule has 2 fully saturated rings. The second-order valence-corrected chi connectivity index (χ2v) is 7.73. The third kappa shape index (κ3) is 4.99. The molecule has 0 heterocycles. The number of nitrogens with zero attached hydrogens (tertiary/aromatic N) is 1. The van der Waals surface area contributed by atoms with Crippen molar-refractivity contribution in [2.45, 2.75) is 89.1 Å². The number of ether oxygens (including phenoxy) is 1. The zero-order valence-electron chi connectivity index (χ0n) is 15.7. The molecule has 2 aliphatic carbocycles. The van der Waals surface area contributed by atoms with Crippen molar-refractivity contribution in [2.24, 2.45) is 0 Å². The van der Waals surface area contributed by atoms with Crippen molar-refractivity contribution in [3.63, 3.8) is 0 Å². The Kier molecular flexibility index (Phi) is 6.77. The number of amides is 1. The standard InChI is InChI=1S/C22H33NO2/c1-25-21-15-12-18(13-16-21)14-17-22(24)23(19-8-4-2-5-9-19)20-10-6-3-7-11-20/h12-13,15-16,19-20H,2-11,14,17H2,1H3. The Morgan fingerprint density at radius 2 is 1.44 bits per heavy atom. The predicted octanol–water partition coefficient (Wildman–Crippen LogP) is 5.12. The molecule has 0 atom stereocenters.